The lowest BCUT2D eigenvalue weighted by Crippen LogP contribution is -2.19. The average Bonchev–Trinajstić information content (AvgIpc) is 2.38. The van der Waals surface area contributed by atoms with Crippen molar-refractivity contribution >= 4 is 17.5 Å². The molecule has 1 aromatic carbocycles. The number of hydrogen-bond donors (Lipinski definition) is 0. The quantitative estimate of drug-likeness (QED) is 0.860. The third-order valence-electron chi connectivity index (χ3n) is 2.60. The number of anilines is 1. The summed E-state index contributed by atoms with van der Waals surface area (Å²) in [6.07, 6.45) is 0. The van der Waals surface area contributed by atoms with Crippen molar-refractivity contribution in [1.82, 2.24) is 15.0 Å². The summed E-state index contributed by atoms with van der Waals surface area (Å²) in [7, 11) is 3.39. The van der Waals surface area contributed by atoms with E-state index < -0.39 is 0 Å². The molecule has 0 N–H and O–H groups in total. The highest BCUT2D eigenvalue weighted by molar-refractivity contribution is 6.28. The first-order chi connectivity index (χ1) is 9.08. The number of benzene rings is 1. The van der Waals surface area contributed by atoms with Crippen molar-refractivity contribution in [3.63, 3.8) is 0 Å². The van der Waals surface area contributed by atoms with Gasteiger partial charge in [-0.25, -0.2) is 0 Å². The van der Waals surface area contributed by atoms with E-state index in [2.05, 4.69) is 40.1 Å². The minimum Gasteiger partial charge on any atom is -0.467 e. The molecule has 0 bridgehead atoms. The van der Waals surface area contributed by atoms with Crippen LogP contribution in [0.2, 0.25) is 5.28 Å². The van der Waals surface area contributed by atoms with Gasteiger partial charge in [-0.1, -0.05) is 29.8 Å². The molecular formula is C13H15ClN4O. The van der Waals surface area contributed by atoms with Crippen LogP contribution in [0.5, 0.6) is 6.01 Å². The van der Waals surface area contributed by atoms with Gasteiger partial charge in [-0.3, -0.25) is 0 Å². The van der Waals surface area contributed by atoms with Gasteiger partial charge in [0.2, 0.25) is 11.2 Å². The Bertz CT molecular complexity index is 576. The van der Waals surface area contributed by atoms with Crippen LogP contribution in [0.15, 0.2) is 24.3 Å². The summed E-state index contributed by atoms with van der Waals surface area (Å²) in [5, 5.41) is 0.123. The van der Waals surface area contributed by atoms with Gasteiger partial charge in [0.1, 0.15) is 0 Å². The Kier molecular flexibility index (Phi) is 4.16. The fourth-order valence-corrected chi connectivity index (χ4v) is 1.89. The predicted molar refractivity (Wildman–Crippen MR) is 74.7 cm³/mol. The maximum atomic E-state index is 5.83. The van der Waals surface area contributed by atoms with Crippen molar-refractivity contribution in [2.24, 2.45) is 0 Å². The summed E-state index contributed by atoms with van der Waals surface area (Å²) < 4.78 is 4.98. The molecule has 0 aliphatic heterocycles. The number of nitrogens with zero attached hydrogens (tertiary/aromatic N) is 4. The highest BCUT2D eigenvalue weighted by Crippen LogP contribution is 2.16. The van der Waals surface area contributed by atoms with E-state index in [1.807, 2.05) is 18.0 Å². The summed E-state index contributed by atoms with van der Waals surface area (Å²) in [6, 6.07) is 8.48. The van der Waals surface area contributed by atoms with Crippen LogP contribution in [0.1, 0.15) is 11.1 Å². The third-order valence-corrected chi connectivity index (χ3v) is 2.77. The lowest BCUT2D eigenvalue weighted by atomic mass is 10.1. The first-order valence-corrected chi connectivity index (χ1v) is 6.18. The van der Waals surface area contributed by atoms with Crippen LogP contribution in [-0.4, -0.2) is 29.1 Å². The molecule has 0 aliphatic carbocycles. The molecule has 0 amide bonds. The third kappa shape index (κ3) is 3.54. The van der Waals surface area contributed by atoms with Gasteiger partial charge in [0.25, 0.3) is 0 Å². The fourth-order valence-electron chi connectivity index (χ4n) is 1.74. The van der Waals surface area contributed by atoms with E-state index in [0.29, 0.717) is 12.5 Å². The van der Waals surface area contributed by atoms with Gasteiger partial charge in [0, 0.05) is 13.6 Å². The second kappa shape index (κ2) is 5.84. The van der Waals surface area contributed by atoms with E-state index in [1.165, 1.54) is 18.2 Å². The monoisotopic (exact) mass is 278 g/mol. The molecule has 2 aromatic rings. The van der Waals surface area contributed by atoms with E-state index in [9.17, 15) is 0 Å². The molecule has 100 valence electrons. The lowest BCUT2D eigenvalue weighted by molar-refractivity contribution is 0.378. The van der Waals surface area contributed by atoms with Crippen molar-refractivity contribution in [2.75, 3.05) is 19.1 Å². The van der Waals surface area contributed by atoms with E-state index >= 15 is 0 Å². The van der Waals surface area contributed by atoms with Crippen molar-refractivity contribution in [3.8, 4) is 6.01 Å². The fraction of sp³-hybridized carbons (Fsp3) is 0.308. The molecule has 0 radical (unpaired) electrons. The maximum Gasteiger partial charge on any atom is 0.322 e. The van der Waals surface area contributed by atoms with Crippen molar-refractivity contribution in [3.05, 3.63) is 40.7 Å². The SMILES string of the molecule is COc1nc(Cl)nc(N(C)Cc2cccc(C)c2)n1. The molecule has 0 atom stereocenters. The topological polar surface area (TPSA) is 51.1 Å². The van der Waals surface area contributed by atoms with E-state index in [0.717, 1.165) is 0 Å². The zero-order valence-electron chi connectivity index (χ0n) is 11.1. The number of hydrogen-bond acceptors (Lipinski definition) is 5. The molecule has 1 aromatic heterocycles. The summed E-state index contributed by atoms with van der Waals surface area (Å²) in [5.41, 5.74) is 2.40. The Morgan fingerprint density at radius 3 is 2.74 bits per heavy atom. The molecular weight excluding hydrogens is 264 g/mol. The van der Waals surface area contributed by atoms with Crippen LogP contribution in [0.3, 0.4) is 0 Å². The first kappa shape index (κ1) is 13.5. The molecule has 0 saturated heterocycles. The summed E-state index contributed by atoms with van der Waals surface area (Å²) in [6.45, 7) is 2.75. The van der Waals surface area contributed by atoms with E-state index in [1.54, 1.807) is 0 Å². The Hall–Kier alpha value is -1.88. The summed E-state index contributed by atoms with van der Waals surface area (Å²) in [5.74, 6) is 0.485. The Balaban J connectivity index is 2.20. The minimum atomic E-state index is 0.123. The predicted octanol–water partition coefficient (Wildman–Crippen LogP) is 2.48. The highest BCUT2D eigenvalue weighted by Gasteiger charge is 2.10. The van der Waals surface area contributed by atoms with Crippen LogP contribution in [0.25, 0.3) is 0 Å². The Morgan fingerprint density at radius 2 is 2.05 bits per heavy atom. The van der Waals surface area contributed by atoms with E-state index in [-0.39, 0.29) is 11.3 Å². The largest absolute Gasteiger partial charge is 0.467 e. The van der Waals surface area contributed by atoms with E-state index in [4.69, 9.17) is 16.3 Å². The van der Waals surface area contributed by atoms with Gasteiger partial charge in [-0.2, -0.15) is 15.0 Å². The van der Waals surface area contributed by atoms with Crippen molar-refractivity contribution in [1.29, 1.82) is 0 Å². The Morgan fingerprint density at radius 1 is 1.26 bits per heavy atom. The van der Waals surface area contributed by atoms with Gasteiger partial charge < -0.3 is 9.64 Å². The van der Waals surface area contributed by atoms with Crippen LogP contribution in [-0.2, 0) is 6.54 Å². The zero-order valence-corrected chi connectivity index (χ0v) is 11.8. The number of rotatable bonds is 4. The minimum absolute atomic E-state index is 0.123. The molecule has 0 aliphatic rings. The number of ether oxygens (including phenoxy) is 1. The second-order valence-corrected chi connectivity index (χ2v) is 4.57. The lowest BCUT2D eigenvalue weighted by Gasteiger charge is -2.17. The standard InChI is InChI=1S/C13H15ClN4O/c1-9-5-4-6-10(7-9)8-18(2)12-15-11(14)16-13(17-12)19-3/h4-7H,8H2,1-3H3. The maximum absolute atomic E-state index is 5.83. The summed E-state index contributed by atoms with van der Waals surface area (Å²) in [4.78, 5) is 14.0. The highest BCUT2D eigenvalue weighted by atomic mass is 35.5. The second-order valence-electron chi connectivity index (χ2n) is 4.24. The van der Waals surface area contributed by atoms with Gasteiger partial charge in [0.05, 0.1) is 7.11 Å². The molecule has 2 rings (SSSR count). The van der Waals surface area contributed by atoms with Crippen LogP contribution in [0, 0.1) is 6.92 Å². The van der Waals surface area contributed by atoms with Crippen molar-refractivity contribution < 1.29 is 4.74 Å². The number of aryl methyl sites for hydroxylation is 1. The average molecular weight is 279 g/mol. The summed E-state index contributed by atoms with van der Waals surface area (Å²) >= 11 is 5.83. The molecule has 19 heavy (non-hydrogen) atoms. The Labute approximate surface area is 117 Å². The zero-order chi connectivity index (χ0) is 13.8. The van der Waals surface area contributed by atoms with Crippen molar-refractivity contribution in [2.45, 2.75) is 13.5 Å². The van der Waals surface area contributed by atoms with Crippen LogP contribution in [0.4, 0.5) is 5.95 Å². The first-order valence-electron chi connectivity index (χ1n) is 5.80. The molecule has 5 nitrogen and oxygen atoms in total. The number of methoxy groups -OCH3 is 1. The van der Waals surface area contributed by atoms with Crippen LogP contribution >= 0.6 is 11.6 Å². The number of aromatic nitrogens is 3. The normalized spacial score (nSPS) is 10.3. The van der Waals surface area contributed by atoms with Gasteiger partial charge in [-0.05, 0) is 24.1 Å². The molecule has 0 spiro atoms. The molecule has 1 heterocycles. The smallest absolute Gasteiger partial charge is 0.322 e. The molecule has 0 fully saturated rings. The molecule has 0 saturated carbocycles. The van der Waals surface area contributed by atoms with Crippen LogP contribution < -0.4 is 9.64 Å². The number of halogens is 1. The van der Waals surface area contributed by atoms with Gasteiger partial charge in [-0.15, -0.1) is 0 Å². The molecule has 0 unspecified atom stereocenters. The van der Waals surface area contributed by atoms with Gasteiger partial charge >= 0.3 is 6.01 Å². The molecule has 6 heteroatoms. The van der Waals surface area contributed by atoms with Gasteiger partial charge in [0.15, 0.2) is 0 Å².